The summed E-state index contributed by atoms with van der Waals surface area (Å²) in [7, 11) is 1.39. The number of nitrogens with one attached hydrogen (secondary N) is 2. The van der Waals surface area contributed by atoms with E-state index < -0.39 is 55.7 Å². The minimum absolute atomic E-state index is 0.0347. The highest BCUT2D eigenvalue weighted by Crippen LogP contribution is 2.55. The summed E-state index contributed by atoms with van der Waals surface area (Å²) in [6, 6.07) is 31.7. The maximum Gasteiger partial charge on any atom is 0.337 e. The molecule has 13 rings (SSSR count). The molecular weight excluding hydrogens is 1390 g/mol. The van der Waals surface area contributed by atoms with Crippen LogP contribution in [0.2, 0.25) is 15.1 Å². The summed E-state index contributed by atoms with van der Waals surface area (Å²) in [5.41, 5.74) is 7.44. The number of methoxy groups -OCH3 is 2. The first-order chi connectivity index (χ1) is 49.4. The number of thioether (sulfide) groups is 1. The number of aryl methyl sites for hydroxylation is 2. The van der Waals surface area contributed by atoms with E-state index in [4.69, 9.17) is 67.5 Å². The van der Waals surface area contributed by atoms with Crippen molar-refractivity contribution in [3.05, 3.63) is 217 Å². The fourth-order valence-corrected chi connectivity index (χ4v) is 19.7. The normalized spacial score (nSPS) is 18.8. The van der Waals surface area contributed by atoms with Crippen molar-refractivity contribution in [3.8, 4) is 29.1 Å². The zero-order valence-corrected chi connectivity index (χ0v) is 62.2. The molecule has 1 amide bonds. The number of carbonyl (C=O) groups is 2. The number of nitrogens with zero attached hydrogens (tertiary/aromatic N) is 4. The first-order valence-electron chi connectivity index (χ1n) is 35.3. The van der Waals surface area contributed by atoms with Crippen LogP contribution in [-0.2, 0) is 54.6 Å². The topological polar surface area (TPSA) is 216 Å². The van der Waals surface area contributed by atoms with Crippen LogP contribution in [0.25, 0.3) is 11.6 Å². The second-order valence-corrected chi connectivity index (χ2v) is 30.9. The minimum Gasteiger partial charge on any atom is -0.497 e. The van der Waals surface area contributed by atoms with Crippen molar-refractivity contribution in [2.24, 2.45) is 0 Å². The highest BCUT2D eigenvalue weighted by molar-refractivity contribution is 8.00. The van der Waals surface area contributed by atoms with E-state index in [9.17, 15) is 29.5 Å². The van der Waals surface area contributed by atoms with Crippen molar-refractivity contribution < 1.29 is 47.4 Å². The van der Waals surface area contributed by atoms with Crippen molar-refractivity contribution in [1.29, 1.82) is 5.26 Å². The predicted molar refractivity (Wildman–Crippen MR) is 399 cm³/mol. The number of aromatic carboxylic acids is 1. The molecule has 1 fully saturated rings. The molecule has 0 bridgehead atoms. The van der Waals surface area contributed by atoms with E-state index >= 15 is 0 Å². The molecule has 23 heteroatoms. The first-order valence-corrected chi connectivity index (χ1v) is 38.6. The van der Waals surface area contributed by atoms with Crippen molar-refractivity contribution in [1.82, 2.24) is 24.1 Å². The third kappa shape index (κ3) is 14.5. The molecule has 1 saturated heterocycles. The molecule has 0 saturated carbocycles. The van der Waals surface area contributed by atoms with Crippen molar-refractivity contribution >= 4 is 78.6 Å². The van der Waals surface area contributed by atoms with Gasteiger partial charge in [-0.05, 0) is 161 Å². The Morgan fingerprint density at radius 2 is 1.52 bits per heavy atom. The average Bonchev–Trinajstić information content (AvgIpc) is 0.826. The maximum atomic E-state index is 14.1. The lowest BCUT2D eigenvalue weighted by molar-refractivity contribution is -0.118. The molecule has 0 radical (unpaired) electrons. The zero-order valence-electron chi connectivity index (χ0n) is 58.2. The number of hydrogen-bond acceptors (Lipinski definition) is 14. The molecule has 0 spiro atoms. The molecule has 6 aliphatic rings. The number of aromatic nitrogens is 2. The number of carbonyl (C=O) groups excluding carboxylic acids is 1. The van der Waals surface area contributed by atoms with E-state index in [0.29, 0.717) is 23.0 Å². The second kappa shape index (κ2) is 32.0. The lowest BCUT2D eigenvalue weighted by Crippen LogP contribution is -2.41. The number of hydrogen-bond donors (Lipinski definition) is 3. The summed E-state index contributed by atoms with van der Waals surface area (Å²) >= 11 is 23.1. The Hall–Kier alpha value is -7.31. The lowest BCUT2D eigenvalue weighted by Gasteiger charge is -2.39. The summed E-state index contributed by atoms with van der Waals surface area (Å²) in [5, 5.41) is 25.6. The van der Waals surface area contributed by atoms with Crippen molar-refractivity contribution in [2.75, 3.05) is 52.8 Å². The smallest absolute Gasteiger partial charge is 0.337 e. The molecule has 7 aromatic rings. The molecule has 3 N–H and O–H groups in total. The van der Waals surface area contributed by atoms with Crippen LogP contribution in [0.15, 0.2) is 118 Å². The van der Waals surface area contributed by atoms with Gasteiger partial charge >= 0.3 is 11.7 Å². The fourth-order valence-electron chi connectivity index (χ4n) is 15.9. The van der Waals surface area contributed by atoms with Gasteiger partial charge in [0.05, 0.1) is 83.5 Å². The van der Waals surface area contributed by atoms with Gasteiger partial charge in [0.1, 0.15) is 54.0 Å². The van der Waals surface area contributed by atoms with Gasteiger partial charge in [-0.1, -0.05) is 108 Å². The summed E-state index contributed by atoms with van der Waals surface area (Å²) in [4.78, 5) is 58.5. The van der Waals surface area contributed by atoms with Gasteiger partial charge in [-0.25, -0.2) is 18.8 Å². The van der Waals surface area contributed by atoms with Gasteiger partial charge in [0, 0.05) is 76.5 Å². The van der Waals surface area contributed by atoms with E-state index in [0.717, 1.165) is 146 Å². The Labute approximate surface area is 614 Å². The maximum absolute atomic E-state index is 14.1. The molecule has 5 unspecified atom stereocenters. The zero-order chi connectivity index (χ0) is 71.5. The number of fused-ring (bicyclic) bond motifs is 4. The van der Waals surface area contributed by atoms with Crippen LogP contribution in [0.5, 0.6) is 23.0 Å². The van der Waals surface area contributed by atoms with Crippen LogP contribution in [0.1, 0.15) is 176 Å². The molecule has 6 aromatic carbocycles. The third-order valence-corrected chi connectivity index (χ3v) is 25.1. The van der Waals surface area contributed by atoms with E-state index in [-0.39, 0.29) is 87.1 Å². The number of H-pyrrole nitrogens is 1. The second-order valence-electron chi connectivity index (χ2n) is 27.3. The number of carboxylic acid groups (broad SMARTS) is 1. The fraction of sp³-hybridized carbons (Fsp3) is 0.418. The standard InChI is InChI=1S/C79H84Cl3N6O12PS/c1-46(2)88(47(3)4)101(97-39-17-35-83)100-61-42-64(98-62(61)44-96-79(52-23-8-7-9-24-52,53-27-31-55(94-5)32-28-53)54-29-33-56(95-6)34-30-54)87-43-51(76(90)85-78(87)93)22-15-36-84-63(89)45-102-75-70(81)67(68(77(91)92)69(80)71(75)82)66-59-40-49-19-11-10-18-48-21-14-25-57(65(48)49)73(59)99-74-58-26-16-38-86-37-13-12-20-50(72(58)86)41-60(66)74/h7-9,15,22-24,27-34,40-41,43,46-48,61-62,64H,10-14,16-21,25-26,36-39,42,44-45H2,1-6H3,(H2-,84,85,89,90,91,92,93)/p+1/b22-15+. The number of nitriles is 1. The number of benzene rings is 6. The molecule has 2 aliphatic carbocycles. The first kappa shape index (κ1) is 73.0. The van der Waals surface area contributed by atoms with Gasteiger partial charge in [0.25, 0.3) is 14.1 Å². The average molecular weight is 1480 g/mol. The lowest BCUT2D eigenvalue weighted by atomic mass is 9.75. The van der Waals surface area contributed by atoms with E-state index in [1.54, 1.807) is 20.3 Å². The molecule has 534 valence electrons. The number of halogens is 3. The molecule has 1 aromatic heterocycles. The Bertz CT molecular complexity index is 4620. The largest absolute Gasteiger partial charge is 0.497 e. The van der Waals surface area contributed by atoms with Crippen molar-refractivity contribution in [3.63, 3.8) is 0 Å². The van der Waals surface area contributed by atoms with Gasteiger partial charge in [0.2, 0.25) is 11.3 Å². The van der Waals surface area contributed by atoms with Gasteiger partial charge < -0.3 is 43.2 Å². The number of aromatic amines is 1. The third-order valence-electron chi connectivity index (χ3n) is 20.4. The molecule has 5 atom stereocenters. The van der Waals surface area contributed by atoms with Crippen LogP contribution in [-0.4, -0.2) is 108 Å². The van der Waals surface area contributed by atoms with Gasteiger partial charge in [-0.15, -0.1) is 11.8 Å². The Morgan fingerprint density at radius 1 is 0.843 bits per heavy atom. The van der Waals surface area contributed by atoms with Gasteiger partial charge in [-0.3, -0.25) is 19.1 Å². The number of carboxylic acids is 1. The molecular formula is C79H85Cl3N6O12PS+. The monoisotopic (exact) mass is 1480 g/mol. The van der Waals surface area contributed by atoms with Crippen LogP contribution in [0.3, 0.4) is 0 Å². The van der Waals surface area contributed by atoms with Crippen LogP contribution < -0.4 is 45.9 Å². The molecule has 4 aliphatic heterocycles. The van der Waals surface area contributed by atoms with E-state index in [2.05, 4.69) is 37.7 Å². The van der Waals surface area contributed by atoms with Gasteiger partial charge in [-0.2, -0.15) is 5.26 Å². The highest BCUT2D eigenvalue weighted by atomic mass is 35.5. The van der Waals surface area contributed by atoms with Crippen LogP contribution >= 0.6 is 55.1 Å². The summed E-state index contributed by atoms with van der Waals surface area (Å²) in [6.07, 6.45) is 14.0. The van der Waals surface area contributed by atoms with Crippen molar-refractivity contribution in [2.45, 2.75) is 165 Å². The molecule has 5 heterocycles. The van der Waals surface area contributed by atoms with Crippen LogP contribution in [0, 0.1) is 11.3 Å². The number of rotatable bonds is 25. The molecule has 102 heavy (non-hydrogen) atoms. The quantitative estimate of drug-likeness (QED) is 0.0121. The van der Waals surface area contributed by atoms with E-state index in [1.807, 2.05) is 107 Å². The summed E-state index contributed by atoms with van der Waals surface area (Å²) in [6.45, 7) is 10.1. The predicted octanol–water partition coefficient (Wildman–Crippen LogP) is 14.4. The number of ether oxygens (including phenoxy) is 5. The Morgan fingerprint density at radius 3 is 2.22 bits per heavy atom. The Balaban J connectivity index is 0.792. The SMILES string of the molecule is COc1ccc(C(OCC2OC(n3cc(/C=C/CNC(=O)CSc4c(Cl)c(Cl)c(C(=O)O)c(C5=c6cc7c8c(c6Oc6c5cc5c9c6CCCC9CCCC5)CCC[N+]=8CCCC7)c4Cl)c(=O)[nH]c3=O)CC2OP(OCCC#N)N(C(C)C)C(C)C)(c2ccccc2)c2ccc(OC)cc2)cc1. The highest BCUT2D eigenvalue weighted by Gasteiger charge is 2.46. The minimum atomic E-state index is -1.83. The Kier molecular flexibility index (Phi) is 22.9. The van der Waals surface area contributed by atoms with Crippen LogP contribution in [0.4, 0.5) is 0 Å². The van der Waals surface area contributed by atoms with E-state index in [1.165, 1.54) is 44.5 Å². The summed E-state index contributed by atoms with van der Waals surface area (Å²) < 4.78 is 52.4. The number of amides is 1. The van der Waals surface area contributed by atoms with Gasteiger partial charge in [0.15, 0.2) is 0 Å². The summed E-state index contributed by atoms with van der Waals surface area (Å²) in [5.74, 6) is 1.31. The molecule has 18 nitrogen and oxygen atoms in total.